The zero-order valence-corrected chi connectivity index (χ0v) is 17.0. The molecule has 2 rings (SSSR count). The first-order chi connectivity index (χ1) is 12.4. The van der Waals surface area contributed by atoms with Crippen LogP contribution in [0.15, 0.2) is 70.6 Å². The number of hydrogen-bond donors (Lipinski definition) is 0. The van der Waals surface area contributed by atoms with Crippen LogP contribution < -0.4 is 0 Å². The van der Waals surface area contributed by atoms with Gasteiger partial charge in [0.05, 0.1) is 0 Å². The highest BCUT2D eigenvalue weighted by atomic mass is 16.1. The monoisotopic (exact) mass is 351 g/mol. The Morgan fingerprint density at radius 2 is 1.73 bits per heavy atom. The minimum Gasteiger partial charge on any atom is -0.354 e. The van der Waals surface area contributed by atoms with Gasteiger partial charge in [-0.25, -0.2) is 0 Å². The number of carbonyl (C=O) groups is 1. The van der Waals surface area contributed by atoms with E-state index < -0.39 is 0 Å². The van der Waals surface area contributed by atoms with Gasteiger partial charge in [0.1, 0.15) is 0 Å². The van der Waals surface area contributed by atoms with Gasteiger partial charge in [0.15, 0.2) is 5.78 Å². The second kappa shape index (κ2) is 9.56. The average Bonchev–Trinajstić information content (AvgIpc) is 2.62. The Hall–Kier alpha value is -2.09. The van der Waals surface area contributed by atoms with E-state index >= 15 is 0 Å². The van der Waals surface area contributed by atoms with Crippen LogP contribution in [0.2, 0.25) is 0 Å². The van der Waals surface area contributed by atoms with Crippen LogP contribution in [-0.2, 0) is 4.79 Å². The lowest BCUT2D eigenvalue weighted by atomic mass is 9.91. The number of nitrogens with zero attached hydrogens (tertiary/aromatic N) is 1. The van der Waals surface area contributed by atoms with Gasteiger partial charge in [-0.3, -0.25) is 4.79 Å². The number of rotatable bonds is 7. The molecular weight excluding hydrogens is 318 g/mol. The molecule has 0 amide bonds. The fourth-order valence-electron chi connectivity index (χ4n) is 3.52. The number of unbranched alkanes of at least 4 members (excludes halogenated alkanes) is 1. The molecule has 0 saturated heterocycles. The molecule has 0 aromatic rings. The number of ketones is 1. The second-order valence-corrected chi connectivity index (χ2v) is 7.50. The predicted molar refractivity (Wildman–Crippen MR) is 112 cm³/mol. The summed E-state index contributed by atoms with van der Waals surface area (Å²) in [6.07, 6.45) is 19.6. The summed E-state index contributed by atoms with van der Waals surface area (Å²) >= 11 is 0. The Labute approximate surface area is 159 Å². The maximum atomic E-state index is 11.6. The van der Waals surface area contributed by atoms with Gasteiger partial charge in [-0.05, 0) is 85.3 Å². The van der Waals surface area contributed by atoms with Crippen LogP contribution in [0.25, 0.3) is 0 Å². The smallest absolute Gasteiger partial charge is 0.179 e. The maximum Gasteiger partial charge on any atom is 0.179 e. The minimum atomic E-state index is 0.0871. The molecule has 2 heteroatoms. The van der Waals surface area contributed by atoms with Gasteiger partial charge in [0.25, 0.3) is 0 Å². The summed E-state index contributed by atoms with van der Waals surface area (Å²) in [4.78, 5) is 13.9. The molecule has 0 aromatic carbocycles. The summed E-state index contributed by atoms with van der Waals surface area (Å²) in [5, 5.41) is 0. The number of carbonyl (C=O) groups excluding carboxylic acids is 1. The fraction of sp³-hybridized carbons (Fsp3) is 0.458. The van der Waals surface area contributed by atoms with E-state index in [1.165, 1.54) is 36.8 Å². The van der Waals surface area contributed by atoms with E-state index in [0.29, 0.717) is 0 Å². The van der Waals surface area contributed by atoms with Crippen molar-refractivity contribution in [3.05, 3.63) is 70.6 Å². The number of hydrogen-bond acceptors (Lipinski definition) is 2. The van der Waals surface area contributed by atoms with E-state index in [4.69, 9.17) is 0 Å². The maximum absolute atomic E-state index is 11.6. The molecule has 2 aliphatic rings. The highest BCUT2D eigenvalue weighted by Gasteiger charge is 2.13. The van der Waals surface area contributed by atoms with Crippen LogP contribution in [-0.4, -0.2) is 17.2 Å². The molecule has 1 heterocycles. The van der Waals surface area contributed by atoms with Gasteiger partial charge in [-0.15, -0.1) is 0 Å². The van der Waals surface area contributed by atoms with Crippen molar-refractivity contribution in [1.82, 2.24) is 4.90 Å². The van der Waals surface area contributed by atoms with Gasteiger partial charge >= 0.3 is 0 Å². The van der Waals surface area contributed by atoms with Crippen LogP contribution >= 0.6 is 0 Å². The van der Waals surface area contributed by atoms with Crippen molar-refractivity contribution in [2.24, 2.45) is 5.92 Å². The van der Waals surface area contributed by atoms with Gasteiger partial charge < -0.3 is 4.90 Å². The number of allylic oxidation sites excluding steroid dienone is 10. The molecule has 1 aliphatic carbocycles. The summed E-state index contributed by atoms with van der Waals surface area (Å²) in [7, 11) is 0. The van der Waals surface area contributed by atoms with Crippen LogP contribution in [0.1, 0.15) is 60.3 Å². The minimum absolute atomic E-state index is 0.0871. The van der Waals surface area contributed by atoms with Gasteiger partial charge in [0, 0.05) is 18.9 Å². The Balaban J connectivity index is 2.08. The summed E-state index contributed by atoms with van der Waals surface area (Å²) in [6, 6.07) is 0. The lowest BCUT2D eigenvalue weighted by Crippen LogP contribution is -2.21. The molecule has 26 heavy (non-hydrogen) atoms. The van der Waals surface area contributed by atoms with E-state index in [2.05, 4.69) is 56.3 Å². The molecule has 0 aromatic heterocycles. The van der Waals surface area contributed by atoms with Gasteiger partial charge in [0.2, 0.25) is 0 Å². The van der Waals surface area contributed by atoms with Crippen molar-refractivity contribution in [1.29, 1.82) is 0 Å². The normalized spacial score (nSPS) is 18.0. The molecule has 0 spiro atoms. The Morgan fingerprint density at radius 1 is 1.12 bits per heavy atom. The van der Waals surface area contributed by atoms with E-state index in [0.717, 1.165) is 29.2 Å². The highest BCUT2D eigenvalue weighted by molar-refractivity contribution is 6.03. The van der Waals surface area contributed by atoms with Crippen LogP contribution in [0.3, 0.4) is 0 Å². The van der Waals surface area contributed by atoms with Crippen molar-refractivity contribution in [3.8, 4) is 0 Å². The van der Waals surface area contributed by atoms with Gasteiger partial charge in [-0.1, -0.05) is 39.2 Å². The summed E-state index contributed by atoms with van der Waals surface area (Å²) in [5.74, 6) is 0.849. The van der Waals surface area contributed by atoms with Crippen molar-refractivity contribution in [2.45, 2.75) is 60.3 Å². The second-order valence-electron chi connectivity index (χ2n) is 7.50. The molecule has 0 bridgehead atoms. The molecule has 1 atom stereocenters. The molecule has 0 fully saturated rings. The van der Waals surface area contributed by atoms with Crippen molar-refractivity contribution >= 4 is 5.78 Å². The zero-order valence-electron chi connectivity index (χ0n) is 17.0. The zero-order chi connectivity index (χ0) is 19.1. The third-order valence-corrected chi connectivity index (χ3v) is 5.29. The fourth-order valence-corrected chi connectivity index (χ4v) is 3.52. The van der Waals surface area contributed by atoms with E-state index in [1.807, 2.05) is 13.8 Å². The first-order valence-corrected chi connectivity index (χ1v) is 9.90. The molecule has 0 N–H and O–H groups in total. The quantitative estimate of drug-likeness (QED) is 0.539. The molecule has 0 radical (unpaired) electrons. The Bertz CT molecular complexity index is 672. The largest absolute Gasteiger partial charge is 0.354 e. The first kappa shape index (κ1) is 20.2. The van der Waals surface area contributed by atoms with E-state index in [-0.39, 0.29) is 5.78 Å². The van der Waals surface area contributed by atoms with Crippen molar-refractivity contribution in [3.63, 3.8) is 0 Å². The molecular formula is C24H33NO. The standard InChI is InChI=1S/C24H33NO/c1-6-8-9-21(7-2)17-25-12-10-22(11-13-25)18(3)16-24-19(4)14-23(26)15-20(24)5/h10-16,21H,6-9,17H2,1-5H3. The molecule has 140 valence electrons. The Morgan fingerprint density at radius 3 is 2.27 bits per heavy atom. The lowest BCUT2D eigenvalue weighted by Gasteiger charge is -2.25. The molecule has 1 aliphatic heterocycles. The average molecular weight is 352 g/mol. The van der Waals surface area contributed by atoms with E-state index in [1.54, 1.807) is 12.2 Å². The first-order valence-electron chi connectivity index (χ1n) is 9.90. The highest BCUT2D eigenvalue weighted by Crippen LogP contribution is 2.26. The third-order valence-electron chi connectivity index (χ3n) is 5.29. The molecule has 0 saturated carbocycles. The SMILES string of the molecule is CCCCC(CC)CN1C=CC(=C(C)C=C2C(C)=CC(=O)C=C2C)C=C1. The van der Waals surface area contributed by atoms with Crippen LogP contribution in [0, 0.1) is 5.92 Å². The predicted octanol–water partition coefficient (Wildman–Crippen LogP) is 6.26. The van der Waals surface area contributed by atoms with Crippen LogP contribution in [0.4, 0.5) is 0 Å². The molecule has 1 unspecified atom stereocenters. The summed E-state index contributed by atoms with van der Waals surface area (Å²) in [6.45, 7) is 11.8. The van der Waals surface area contributed by atoms with Crippen molar-refractivity contribution in [2.75, 3.05) is 6.54 Å². The van der Waals surface area contributed by atoms with Crippen molar-refractivity contribution < 1.29 is 4.79 Å². The molecule has 2 nitrogen and oxygen atoms in total. The lowest BCUT2D eigenvalue weighted by molar-refractivity contribution is -0.110. The van der Waals surface area contributed by atoms with E-state index in [9.17, 15) is 4.79 Å². The van der Waals surface area contributed by atoms with Crippen LogP contribution in [0.5, 0.6) is 0 Å². The Kier molecular flexibility index (Phi) is 7.44. The topological polar surface area (TPSA) is 20.3 Å². The summed E-state index contributed by atoms with van der Waals surface area (Å²) < 4.78 is 0. The van der Waals surface area contributed by atoms with Gasteiger partial charge in [-0.2, -0.15) is 0 Å². The summed E-state index contributed by atoms with van der Waals surface area (Å²) in [5.41, 5.74) is 5.70. The third kappa shape index (κ3) is 5.45.